The van der Waals surface area contributed by atoms with Crippen molar-refractivity contribution in [1.29, 1.82) is 0 Å². The van der Waals surface area contributed by atoms with Crippen molar-refractivity contribution in [3.05, 3.63) is 81.9 Å². The van der Waals surface area contributed by atoms with Gasteiger partial charge in [-0.25, -0.2) is 9.67 Å². The Morgan fingerprint density at radius 1 is 1.07 bits per heavy atom. The number of hydrogen-bond donors (Lipinski definition) is 1. The van der Waals surface area contributed by atoms with E-state index < -0.39 is 0 Å². The Kier molecular flexibility index (Phi) is 5.03. The van der Waals surface area contributed by atoms with Crippen LogP contribution in [0, 0.1) is 0 Å². The van der Waals surface area contributed by atoms with Crippen molar-refractivity contribution in [1.82, 2.24) is 19.3 Å². The van der Waals surface area contributed by atoms with Gasteiger partial charge in [0.1, 0.15) is 5.39 Å². The number of aromatic nitrogens is 4. The van der Waals surface area contributed by atoms with Gasteiger partial charge in [0.25, 0.3) is 5.56 Å². The molecule has 0 spiro atoms. The van der Waals surface area contributed by atoms with E-state index in [1.54, 1.807) is 16.8 Å². The predicted octanol–water partition coefficient (Wildman–Crippen LogP) is 3.37. The fraction of sp³-hybridized carbons (Fsp3) is 0.100. The van der Waals surface area contributed by atoms with Crippen molar-refractivity contribution in [2.45, 2.75) is 13.0 Å². The Labute approximate surface area is 168 Å². The van der Waals surface area contributed by atoms with Crippen molar-refractivity contribution >= 4 is 38.6 Å². The number of anilines is 1. The maximum Gasteiger partial charge on any atom is 0.264 e. The number of rotatable bonds is 5. The maximum absolute atomic E-state index is 12.7. The summed E-state index contributed by atoms with van der Waals surface area (Å²) in [5, 5.41) is 7.51. The summed E-state index contributed by atoms with van der Waals surface area (Å²) >= 11 is 3.35. The number of para-hydroxylation sites is 1. The summed E-state index contributed by atoms with van der Waals surface area (Å²) in [5.41, 5.74) is 1.81. The zero-order valence-electron chi connectivity index (χ0n) is 14.7. The quantitative estimate of drug-likeness (QED) is 0.518. The number of hydrogen-bond acceptors (Lipinski definition) is 4. The molecule has 0 saturated carbocycles. The van der Waals surface area contributed by atoms with Crippen molar-refractivity contribution in [3.8, 4) is 5.69 Å². The van der Waals surface area contributed by atoms with Gasteiger partial charge in [-0.2, -0.15) is 5.10 Å². The van der Waals surface area contributed by atoms with Crippen molar-refractivity contribution in [2.75, 3.05) is 5.32 Å². The number of carbonyl (C=O) groups is 1. The van der Waals surface area contributed by atoms with Gasteiger partial charge in [0.15, 0.2) is 5.65 Å². The molecule has 1 amide bonds. The fourth-order valence-electron chi connectivity index (χ4n) is 2.84. The van der Waals surface area contributed by atoms with E-state index in [4.69, 9.17) is 0 Å². The topological polar surface area (TPSA) is 81.8 Å². The minimum atomic E-state index is -0.219. The van der Waals surface area contributed by atoms with Crippen LogP contribution in [0.15, 0.2) is 76.4 Å². The van der Waals surface area contributed by atoms with Crippen LogP contribution < -0.4 is 10.9 Å². The Bertz CT molecular complexity index is 1180. The summed E-state index contributed by atoms with van der Waals surface area (Å²) in [4.78, 5) is 29.3. The normalized spacial score (nSPS) is 10.9. The molecular formula is C20H16BrN5O2. The van der Waals surface area contributed by atoms with Crippen LogP contribution in [0.3, 0.4) is 0 Å². The van der Waals surface area contributed by atoms with Crippen molar-refractivity contribution < 1.29 is 4.79 Å². The third-order valence-corrected chi connectivity index (χ3v) is 4.79. The molecule has 0 bridgehead atoms. The van der Waals surface area contributed by atoms with E-state index in [1.165, 1.54) is 17.1 Å². The molecule has 0 aliphatic carbocycles. The van der Waals surface area contributed by atoms with Crippen LogP contribution in [0.25, 0.3) is 16.7 Å². The number of halogens is 1. The number of carbonyl (C=O) groups excluding carboxylic acids is 1. The van der Waals surface area contributed by atoms with Gasteiger partial charge in [-0.05, 0) is 36.4 Å². The summed E-state index contributed by atoms with van der Waals surface area (Å²) in [6.45, 7) is 0.237. The van der Waals surface area contributed by atoms with Crippen LogP contribution >= 0.6 is 15.9 Å². The second kappa shape index (κ2) is 7.77. The number of aryl methyl sites for hydroxylation is 1. The number of amides is 1. The molecule has 7 nitrogen and oxygen atoms in total. The molecule has 0 saturated heterocycles. The van der Waals surface area contributed by atoms with E-state index >= 15 is 0 Å². The molecule has 8 heteroatoms. The molecule has 0 fully saturated rings. The van der Waals surface area contributed by atoms with Crippen LogP contribution in [-0.4, -0.2) is 25.2 Å². The van der Waals surface area contributed by atoms with E-state index in [-0.39, 0.29) is 24.4 Å². The van der Waals surface area contributed by atoms with Gasteiger partial charge in [-0.3, -0.25) is 14.2 Å². The van der Waals surface area contributed by atoms with Gasteiger partial charge in [0.2, 0.25) is 5.91 Å². The molecule has 1 N–H and O–H groups in total. The second-order valence-electron chi connectivity index (χ2n) is 6.18. The largest absolute Gasteiger partial charge is 0.326 e. The van der Waals surface area contributed by atoms with Crippen LogP contribution in [-0.2, 0) is 11.3 Å². The highest BCUT2D eigenvalue weighted by Gasteiger charge is 2.12. The zero-order chi connectivity index (χ0) is 19.5. The van der Waals surface area contributed by atoms with E-state index in [9.17, 15) is 9.59 Å². The lowest BCUT2D eigenvalue weighted by Gasteiger charge is -2.07. The first kappa shape index (κ1) is 18.1. The molecule has 28 heavy (non-hydrogen) atoms. The molecule has 0 aliphatic rings. The number of fused-ring (bicyclic) bond motifs is 1. The monoisotopic (exact) mass is 437 g/mol. The molecule has 4 aromatic rings. The van der Waals surface area contributed by atoms with E-state index in [2.05, 4.69) is 31.3 Å². The summed E-state index contributed by atoms with van der Waals surface area (Å²) in [6, 6.07) is 16.8. The van der Waals surface area contributed by atoms with E-state index in [1.807, 2.05) is 42.5 Å². The SMILES string of the molecule is O=C(CCn1cnc2c(cnn2-c2ccccc2)c1=O)Nc1ccc(Br)cc1. The third kappa shape index (κ3) is 3.72. The van der Waals surface area contributed by atoms with Gasteiger partial charge in [0.05, 0.1) is 18.2 Å². The lowest BCUT2D eigenvalue weighted by atomic mass is 10.3. The third-order valence-electron chi connectivity index (χ3n) is 4.26. The highest BCUT2D eigenvalue weighted by molar-refractivity contribution is 9.10. The average Bonchev–Trinajstić information content (AvgIpc) is 3.15. The summed E-state index contributed by atoms with van der Waals surface area (Å²) in [5.74, 6) is -0.172. The smallest absolute Gasteiger partial charge is 0.264 e. The van der Waals surface area contributed by atoms with Crippen LogP contribution in [0.1, 0.15) is 6.42 Å². The number of nitrogens with one attached hydrogen (secondary N) is 1. The van der Waals surface area contributed by atoms with Crippen LogP contribution in [0.4, 0.5) is 5.69 Å². The average molecular weight is 438 g/mol. The Balaban J connectivity index is 1.50. The van der Waals surface area contributed by atoms with Crippen LogP contribution in [0.2, 0.25) is 0 Å². The molecule has 2 aromatic carbocycles. The first-order valence-electron chi connectivity index (χ1n) is 8.66. The molecule has 140 valence electrons. The highest BCUT2D eigenvalue weighted by atomic mass is 79.9. The lowest BCUT2D eigenvalue weighted by molar-refractivity contribution is -0.116. The van der Waals surface area contributed by atoms with Gasteiger partial charge < -0.3 is 5.32 Å². The molecule has 0 atom stereocenters. The Morgan fingerprint density at radius 2 is 1.82 bits per heavy atom. The number of nitrogens with zero attached hydrogens (tertiary/aromatic N) is 4. The van der Waals surface area contributed by atoms with E-state index in [0.717, 1.165) is 10.2 Å². The van der Waals surface area contributed by atoms with E-state index in [0.29, 0.717) is 16.7 Å². The molecule has 2 heterocycles. The molecule has 2 aromatic heterocycles. The highest BCUT2D eigenvalue weighted by Crippen LogP contribution is 2.15. The zero-order valence-corrected chi connectivity index (χ0v) is 16.3. The van der Waals surface area contributed by atoms with Crippen molar-refractivity contribution in [3.63, 3.8) is 0 Å². The van der Waals surface area contributed by atoms with Crippen LogP contribution in [0.5, 0.6) is 0 Å². The fourth-order valence-corrected chi connectivity index (χ4v) is 3.11. The first-order valence-corrected chi connectivity index (χ1v) is 9.45. The summed E-state index contributed by atoms with van der Waals surface area (Å²) in [6.07, 6.45) is 3.13. The van der Waals surface area contributed by atoms with Gasteiger partial charge in [-0.15, -0.1) is 0 Å². The molecule has 4 rings (SSSR count). The Morgan fingerprint density at radius 3 is 2.57 bits per heavy atom. The molecule has 0 radical (unpaired) electrons. The minimum Gasteiger partial charge on any atom is -0.326 e. The molecule has 0 unspecified atom stereocenters. The minimum absolute atomic E-state index is 0.163. The first-order chi connectivity index (χ1) is 13.6. The lowest BCUT2D eigenvalue weighted by Crippen LogP contribution is -2.23. The van der Waals surface area contributed by atoms with Crippen molar-refractivity contribution in [2.24, 2.45) is 0 Å². The molecule has 0 aliphatic heterocycles. The van der Waals surface area contributed by atoms with Gasteiger partial charge >= 0.3 is 0 Å². The standard InChI is InChI=1S/C20H16BrN5O2/c21-14-6-8-15(9-7-14)24-18(27)10-11-25-13-22-19-17(20(25)28)12-23-26(19)16-4-2-1-3-5-16/h1-9,12-13H,10-11H2,(H,24,27). The van der Waals surface area contributed by atoms with Gasteiger partial charge in [-0.1, -0.05) is 34.1 Å². The summed E-state index contributed by atoms with van der Waals surface area (Å²) < 4.78 is 3.99. The summed E-state index contributed by atoms with van der Waals surface area (Å²) in [7, 11) is 0. The maximum atomic E-state index is 12.7. The Hall–Kier alpha value is -3.26. The number of benzene rings is 2. The van der Waals surface area contributed by atoms with Gasteiger partial charge in [0, 0.05) is 23.1 Å². The second-order valence-corrected chi connectivity index (χ2v) is 7.09. The molecular weight excluding hydrogens is 422 g/mol. The predicted molar refractivity (Wildman–Crippen MR) is 111 cm³/mol.